The first-order valence-electron chi connectivity index (χ1n) is 4.70. The van der Waals surface area contributed by atoms with Gasteiger partial charge in [-0.15, -0.1) is 0 Å². The Hall–Kier alpha value is -1.41. The lowest BCUT2D eigenvalue weighted by molar-refractivity contribution is 0.0596. The van der Waals surface area contributed by atoms with Gasteiger partial charge in [-0.1, -0.05) is 0 Å². The molecule has 0 aliphatic heterocycles. The van der Waals surface area contributed by atoms with Crippen LogP contribution in [0.2, 0.25) is 0 Å². The van der Waals surface area contributed by atoms with E-state index >= 15 is 0 Å². The van der Waals surface area contributed by atoms with Gasteiger partial charge in [0.2, 0.25) is 0 Å². The zero-order chi connectivity index (χ0) is 14.1. The fourth-order valence-electron chi connectivity index (χ4n) is 1.33. The molecule has 0 saturated carbocycles. The highest BCUT2D eigenvalue weighted by atomic mass is 32.2. The first-order valence-corrected chi connectivity index (χ1v) is 8.48. The van der Waals surface area contributed by atoms with Crippen LogP contribution in [0.25, 0.3) is 0 Å². The Labute approximate surface area is 105 Å². The zero-order valence-electron chi connectivity index (χ0n) is 10.00. The Balaban J connectivity index is 3.65. The molecule has 0 radical (unpaired) electrons. The van der Waals surface area contributed by atoms with E-state index in [9.17, 15) is 21.6 Å². The fourth-order valence-corrected chi connectivity index (χ4v) is 2.84. The van der Waals surface area contributed by atoms with Crippen LogP contribution in [0.1, 0.15) is 10.4 Å². The summed E-state index contributed by atoms with van der Waals surface area (Å²) in [6.07, 6.45) is 1.89. The minimum absolute atomic E-state index is 0.143. The van der Waals surface area contributed by atoms with Gasteiger partial charge < -0.3 is 4.74 Å². The quantitative estimate of drug-likeness (QED) is 0.743. The minimum atomic E-state index is -3.65. The lowest BCUT2D eigenvalue weighted by atomic mass is 10.2. The molecule has 1 aromatic carbocycles. The van der Waals surface area contributed by atoms with Crippen molar-refractivity contribution in [3.63, 3.8) is 0 Å². The molecule has 100 valence electrons. The van der Waals surface area contributed by atoms with E-state index in [0.29, 0.717) is 0 Å². The van der Waals surface area contributed by atoms with Gasteiger partial charge in [-0.25, -0.2) is 21.6 Å². The van der Waals surface area contributed by atoms with Crippen LogP contribution in [-0.2, 0) is 24.4 Å². The fraction of sp³-hybridized carbons (Fsp3) is 0.300. The molecule has 0 bridgehead atoms. The summed E-state index contributed by atoms with van der Waals surface area (Å²) in [4.78, 5) is 11.1. The van der Waals surface area contributed by atoms with Crippen molar-refractivity contribution in [2.75, 3.05) is 19.6 Å². The van der Waals surface area contributed by atoms with Crippen molar-refractivity contribution in [3.8, 4) is 0 Å². The molecule has 0 heterocycles. The largest absolute Gasteiger partial charge is 0.465 e. The van der Waals surface area contributed by atoms with Gasteiger partial charge in [-0.3, -0.25) is 0 Å². The normalized spacial score (nSPS) is 12.2. The maximum Gasteiger partial charge on any atom is 0.339 e. The number of carbonyl (C=O) groups is 1. The number of methoxy groups -OCH3 is 1. The second-order valence-corrected chi connectivity index (χ2v) is 7.69. The van der Waals surface area contributed by atoms with Crippen molar-refractivity contribution >= 4 is 25.6 Å². The first kappa shape index (κ1) is 14.7. The summed E-state index contributed by atoms with van der Waals surface area (Å²) < 4.78 is 50.1. The topological polar surface area (TPSA) is 94.6 Å². The number of hydrogen-bond donors (Lipinski definition) is 0. The lowest BCUT2D eigenvalue weighted by Crippen LogP contribution is -2.11. The predicted molar refractivity (Wildman–Crippen MR) is 64.0 cm³/mol. The Morgan fingerprint density at radius 1 is 1.06 bits per heavy atom. The predicted octanol–water partition coefficient (Wildman–Crippen LogP) is 0.280. The van der Waals surface area contributed by atoms with E-state index < -0.39 is 25.6 Å². The van der Waals surface area contributed by atoms with Gasteiger partial charge in [0.1, 0.15) is 0 Å². The third kappa shape index (κ3) is 3.08. The number of rotatable bonds is 3. The van der Waals surface area contributed by atoms with E-state index in [1.807, 2.05) is 0 Å². The number of hydrogen-bond acceptors (Lipinski definition) is 6. The highest BCUT2D eigenvalue weighted by Crippen LogP contribution is 2.21. The van der Waals surface area contributed by atoms with Crippen molar-refractivity contribution in [1.82, 2.24) is 0 Å². The van der Waals surface area contributed by atoms with Gasteiger partial charge >= 0.3 is 5.97 Å². The number of sulfone groups is 2. The third-order valence-electron chi connectivity index (χ3n) is 2.18. The average Bonchev–Trinajstić information content (AvgIpc) is 2.24. The summed E-state index contributed by atoms with van der Waals surface area (Å²) in [5, 5.41) is 0. The molecule has 0 unspecified atom stereocenters. The summed E-state index contributed by atoms with van der Waals surface area (Å²) in [5.74, 6) is -0.902. The van der Waals surface area contributed by atoms with Crippen LogP contribution >= 0.6 is 0 Å². The van der Waals surface area contributed by atoms with E-state index in [2.05, 4.69) is 4.74 Å². The Bertz CT molecular complexity index is 685. The molecular weight excluding hydrogens is 280 g/mol. The van der Waals surface area contributed by atoms with Gasteiger partial charge in [-0.05, 0) is 18.2 Å². The summed E-state index contributed by atoms with van der Waals surface area (Å²) >= 11 is 0. The summed E-state index contributed by atoms with van der Waals surface area (Å²) in [7, 11) is -6.09. The Morgan fingerprint density at radius 2 is 1.61 bits per heavy atom. The molecule has 0 aliphatic carbocycles. The molecule has 0 spiro atoms. The molecule has 8 heteroatoms. The standard InChI is InChI=1S/C10H12O6S2/c1-16-10(11)8-6-7(17(2,12)13)4-5-9(8)18(3,14)15/h4-6H,1-3H3. The second kappa shape index (κ2) is 4.69. The Morgan fingerprint density at radius 3 is 2.00 bits per heavy atom. The van der Waals surface area contributed by atoms with Gasteiger partial charge in [0.05, 0.1) is 22.5 Å². The van der Waals surface area contributed by atoms with E-state index in [1.54, 1.807) is 0 Å². The summed E-state index contributed by atoms with van der Waals surface area (Å²) in [6, 6.07) is 3.22. The molecule has 0 N–H and O–H groups in total. The van der Waals surface area contributed by atoms with Crippen molar-refractivity contribution in [2.45, 2.75) is 9.79 Å². The zero-order valence-corrected chi connectivity index (χ0v) is 11.6. The number of carbonyl (C=O) groups excluding carboxylic acids is 1. The van der Waals surface area contributed by atoms with Crippen LogP contribution in [0.4, 0.5) is 0 Å². The van der Waals surface area contributed by atoms with Crippen molar-refractivity contribution < 1.29 is 26.4 Å². The molecule has 0 amide bonds. The first-order chi connectivity index (χ1) is 8.07. The third-order valence-corrected chi connectivity index (χ3v) is 4.45. The van der Waals surface area contributed by atoms with Crippen molar-refractivity contribution in [1.29, 1.82) is 0 Å². The molecule has 18 heavy (non-hydrogen) atoms. The highest BCUT2D eigenvalue weighted by molar-refractivity contribution is 7.91. The monoisotopic (exact) mass is 292 g/mol. The van der Waals surface area contributed by atoms with Crippen LogP contribution in [0.5, 0.6) is 0 Å². The molecule has 0 aromatic heterocycles. The van der Waals surface area contributed by atoms with Gasteiger partial charge in [-0.2, -0.15) is 0 Å². The lowest BCUT2D eigenvalue weighted by Gasteiger charge is -2.08. The van der Waals surface area contributed by atoms with Crippen LogP contribution in [0.15, 0.2) is 28.0 Å². The average molecular weight is 292 g/mol. The molecule has 0 aliphatic rings. The maximum atomic E-state index is 11.5. The smallest absolute Gasteiger partial charge is 0.339 e. The van der Waals surface area contributed by atoms with Crippen molar-refractivity contribution in [2.24, 2.45) is 0 Å². The molecule has 1 rings (SSSR count). The molecule has 0 fully saturated rings. The van der Waals surface area contributed by atoms with E-state index in [1.165, 1.54) is 0 Å². The maximum absolute atomic E-state index is 11.5. The molecule has 0 atom stereocenters. The number of ether oxygens (including phenoxy) is 1. The van der Waals surface area contributed by atoms with Crippen LogP contribution in [-0.4, -0.2) is 42.4 Å². The number of benzene rings is 1. The minimum Gasteiger partial charge on any atom is -0.465 e. The summed E-state index contributed by atoms with van der Waals surface area (Å²) in [5.41, 5.74) is -0.289. The number of esters is 1. The van der Waals surface area contributed by atoms with E-state index in [0.717, 1.165) is 37.8 Å². The van der Waals surface area contributed by atoms with Gasteiger partial charge in [0.25, 0.3) is 0 Å². The van der Waals surface area contributed by atoms with Crippen molar-refractivity contribution in [3.05, 3.63) is 23.8 Å². The van der Waals surface area contributed by atoms with E-state index in [4.69, 9.17) is 0 Å². The van der Waals surface area contributed by atoms with Crippen LogP contribution < -0.4 is 0 Å². The highest BCUT2D eigenvalue weighted by Gasteiger charge is 2.22. The SMILES string of the molecule is COC(=O)c1cc(S(C)(=O)=O)ccc1S(C)(=O)=O. The Kier molecular flexibility index (Phi) is 3.82. The molecule has 1 aromatic rings. The molecule has 6 nitrogen and oxygen atoms in total. The van der Waals surface area contributed by atoms with Gasteiger partial charge in [0.15, 0.2) is 19.7 Å². The van der Waals surface area contributed by atoms with Crippen LogP contribution in [0, 0.1) is 0 Å². The summed E-state index contributed by atoms with van der Waals surface area (Å²) in [6.45, 7) is 0. The van der Waals surface area contributed by atoms with Gasteiger partial charge in [0, 0.05) is 12.5 Å². The second-order valence-electron chi connectivity index (χ2n) is 3.69. The van der Waals surface area contributed by atoms with E-state index in [-0.39, 0.29) is 15.4 Å². The molecular formula is C10H12O6S2. The van der Waals surface area contributed by atoms with Crippen LogP contribution in [0.3, 0.4) is 0 Å². The molecule has 0 saturated heterocycles.